The summed E-state index contributed by atoms with van der Waals surface area (Å²) < 4.78 is 63.1. The Kier molecular flexibility index (Phi) is 4.07. The van der Waals surface area contributed by atoms with Crippen LogP contribution in [0, 0.1) is 0 Å². The Morgan fingerprint density at radius 3 is 2.52 bits per heavy atom. The van der Waals surface area contributed by atoms with Crippen LogP contribution in [0.5, 0.6) is 0 Å². The van der Waals surface area contributed by atoms with Gasteiger partial charge in [-0.05, 0) is 18.2 Å². The van der Waals surface area contributed by atoms with Crippen molar-refractivity contribution in [1.82, 2.24) is 19.7 Å². The molecule has 0 aliphatic heterocycles. The van der Waals surface area contributed by atoms with Crippen molar-refractivity contribution in [3.05, 3.63) is 54.4 Å². The van der Waals surface area contributed by atoms with Crippen molar-refractivity contribution in [3.63, 3.8) is 0 Å². The lowest BCUT2D eigenvalue weighted by atomic mass is 10.1. The number of benzene rings is 1. The summed E-state index contributed by atoms with van der Waals surface area (Å²) in [6.07, 6.45) is -0.879. The number of aromatic nitrogens is 4. The van der Waals surface area contributed by atoms with Gasteiger partial charge in [0.2, 0.25) is 15.0 Å². The van der Waals surface area contributed by atoms with E-state index in [9.17, 15) is 21.6 Å². The SMILES string of the molecule is CS(=O)(=O)c1nccc(-n2nccc2-c2cccc(C(F)(F)F)c2)n1. The Labute approximate surface area is 140 Å². The second-order valence-corrected chi connectivity index (χ2v) is 7.09. The number of sulfone groups is 1. The first-order valence-electron chi connectivity index (χ1n) is 6.91. The zero-order valence-corrected chi connectivity index (χ0v) is 13.6. The van der Waals surface area contributed by atoms with Crippen molar-refractivity contribution in [3.8, 4) is 17.1 Å². The highest BCUT2D eigenvalue weighted by Gasteiger charge is 2.30. The fraction of sp³-hybridized carbons (Fsp3) is 0.133. The number of rotatable bonds is 3. The van der Waals surface area contributed by atoms with Gasteiger partial charge in [0, 0.05) is 24.1 Å². The number of alkyl halides is 3. The Morgan fingerprint density at radius 1 is 1.08 bits per heavy atom. The molecular weight excluding hydrogens is 357 g/mol. The molecule has 10 heteroatoms. The molecule has 0 saturated carbocycles. The van der Waals surface area contributed by atoms with Gasteiger partial charge in [0.05, 0.1) is 17.5 Å². The van der Waals surface area contributed by atoms with Gasteiger partial charge in [-0.25, -0.2) is 18.1 Å². The minimum atomic E-state index is -4.47. The van der Waals surface area contributed by atoms with E-state index in [-0.39, 0.29) is 11.4 Å². The van der Waals surface area contributed by atoms with Crippen LogP contribution in [-0.2, 0) is 16.0 Å². The summed E-state index contributed by atoms with van der Waals surface area (Å²) in [5.41, 5.74) is -0.187. The van der Waals surface area contributed by atoms with Crippen molar-refractivity contribution in [2.45, 2.75) is 11.3 Å². The van der Waals surface area contributed by atoms with E-state index >= 15 is 0 Å². The maximum atomic E-state index is 12.9. The highest BCUT2D eigenvalue weighted by molar-refractivity contribution is 7.90. The van der Waals surface area contributed by atoms with Gasteiger partial charge in [-0.2, -0.15) is 23.3 Å². The smallest absolute Gasteiger partial charge is 0.227 e. The average Bonchev–Trinajstić information content (AvgIpc) is 3.03. The van der Waals surface area contributed by atoms with Gasteiger partial charge in [0.1, 0.15) is 0 Å². The van der Waals surface area contributed by atoms with Gasteiger partial charge < -0.3 is 0 Å². The van der Waals surface area contributed by atoms with E-state index in [1.165, 1.54) is 41.3 Å². The van der Waals surface area contributed by atoms with Crippen LogP contribution >= 0.6 is 0 Å². The van der Waals surface area contributed by atoms with Gasteiger partial charge in [0.25, 0.3) is 0 Å². The Hall–Kier alpha value is -2.75. The maximum Gasteiger partial charge on any atom is 0.416 e. The third-order valence-corrected chi connectivity index (χ3v) is 4.16. The molecule has 0 aliphatic carbocycles. The second-order valence-electron chi connectivity index (χ2n) is 5.18. The van der Waals surface area contributed by atoms with Crippen LogP contribution in [0.2, 0.25) is 0 Å². The monoisotopic (exact) mass is 368 g/mol. The highest BCUT2D eigenvalue weighted by atomic mass is 32.2. The third-order valence-electron chi connectivity index (χ3n) is 3.30. The molecule has 0 atom stereocenters. The van der Waals surface area contributed by atoms with E-state index < -0.39 is 26.7 Å². The molecule has 0 fully saturated rings. The van der Waals surface area contributed by atoms with Gasteiger partial charge in [-0.1, -0.05) is 12.1 Å². The van der Waals surface area contributed by atoms with E-state index in [1.54, 1.807) is 0 Å². The molecule has 25 heavy (non-hydrogen) atoms. The van der Waals surface area contributed by atoms with E-state index in [0.29, 0.717) is 5.69 Å². The molecule has 0 bridgehead atoms. The van der Waals surface area contributed by atoms with Crippen LogP contribution in [-0.4, -0.2) is 34.4 Å². The summed E-state index contributed by atoms with van der Waals surface area (Å²) in [6, 6.07) is 7.68. The molecule has 0 radical (unpaired) electrons. The largest absolute Gasteiger partial charge is 0.416 e. The first kappa shape index (κ1) is 17.1. The first-order chi connectivity index (χ1) is 11.7. The van der Waals surface area contributed by atoms with Crippen LogP contribution in [0.25, 0.3) is 17.1 Å². The molecular formula is C15H11F3N4O2S. The third kappa shape index (κ3) is 3.53. The average molecular weight is 368 g/mol. The lowest BCUT2D eigenvalue weighted by molar-refractivity contribution is -0.137. The summed E-state index contributed by atoms with van der Waals surface area (Å²) in [5, 5.41) is 3.64. The molecule has 0 N–H and O–H groups in total. The van der Waals surface area contributed by atoms with Crippen molar-refractivity contribution < 1.29 is 21.6 Å². The second kappa shape index (κ2) is 5.96. The minimum absolute atomic E-state index is 0.132. The fourth-order valence-corrected chi connectivity index (χ4v) is 2.70. The molecule has 1 aromatic carbocycles. The van der Waals surface area contributed by atoms with Crippen molar-refractivity contribution >= 4 is 9.84 Å². The molecule has 0 spiro atoms. The van der Waals surface area contributed by atoms with Crippen molar-refractivity contribution in [1.29, 1.82) is 0 Å². The molecule has 0 saturated heterocycles. The Bertz CT molecular complexity index is 1030. The fourth-order valence-electron chi connectivity index (χ4n) is 2.19. The summed E-state index contributed by atoms with van der Waals surface area (Å²) in [6.45, 7) is 0. The number of hydrogen-bond donors (Lipinski definition) is 0. The molecule has 0 amide bonds. The minimum Gasteiger partial charge on any atom is -0.227 e. The first-order valence-corrected chi connectivity index (χ1v) is 8.80. The van der Waals surface area contributed by atoms with Crippen LogP contribution < -0.4 is 0 Å². The van der Waals surface area contributed by atoms with Gasteiger partial charge >= 0.3 is 6.18 Å². The lowest BCUT2D eigenvalue weighted by Crippen LogP contribution is -2.09. The van der Waals surface area contributed by atoms with Crippen LogP contribution in [0.1, 0.15) is 5.56 Å². The quantitative estimate of drug-likeness (QED) is 0.665. The zero-order valence-electron chi connectivity index (χ0n) is 12.8. The molecule has 2 heterocycles. The van der Waals surface area contributed by atoms with E-state index in [0.717, 1.165) is 18.4 Å². The van der Waals surface area contributed by atoms with E-state index in [2.05, 4.69) is 15.1 Å². The Morgan fingerprint density at radius 2 is 1.84 bits per heavy atom. The number of hydrogen-bond acceptors (Lipinski definition) is 5. The summed E-state index contributed by atoms with van der Waals surface area (Å²) in [5.74, 6) is 0.132. The molecule has 6 nitrogen and oxygen atoms in total. The normalized spacial score (nSPS) is 12.3. The van der Waals surface area contributed by atoms with Gasteiger partial charge in [-0.3, -0.25) is 0 Å². The van der Waals surface area contributed by atoms with Crippen LogP contribution in [0.15, 0.2) is 53.9 Å². The predicted octanol–water partition coefficient (Wildman–Crippen LogP) is 2.75. The van der Waals surface area contributed by atoms with Crippen LogP contribution in [0.4, 0.5) is 13.2 Å². The molecule has 3 rings (SSSR count). The van der Waals surface area contributed by atoms with Crippen LogP contribution in [0.3, 0.4) is 0 Å². The molecule has 0 unspecified atom stereocenters. The number of halogens is 3. The standard InChI is InChI=1S/C15H11F3N4O2S/c1-25(23,24)14-19-7-6-13(21-14)22-12(5-8-20-22)10-3-2-4-11(9-10)15(16,17)18/h2-9H,1H3. The van der Waals surface area contributed by atoms with Crippen molar-refractivity contribution in [2.75, 3.05) is 6.26 Å². The summed E-state index contributed by atoms with van der Waals surface area (Å²) in [4.78, 5) is 7.60. The predicted molar refractivity (Wildman–Crippen MR) is 82.7 cm³/mol. The molecule has 2 aromatic heterocycles. The van der Waals surface area contributed by atoms with E-state index in [1.807, 2.05) is 0 Å². The van der Waals surface area contributed by atoms with Gasteiger partial charge in [-0.15, -0.1) is 0 Å². The zero-order chi connectivity index (χ0) is 18.2. The van der Waals surface area contributed by atoms with Crippen molar-refractivity contribution in [2.24, 2.45) is 0 Å². The Balaban J connectivity index is 2.11. The molecule has 130 valence electrons. The summed E-state index contributed by atoms with van der Waals surface area (Å²) in [7, 11) is -3.63. The molecule has 3 aromatic rings. The number of nitrogens with zero attached hydrogens (tertiary/aromatic N) is 4. The maximum absolute atomic E-state index is 12.9. The topological polar surface area (TPSA) is 77.7 Å². The lowest BCUT2D eigenvalue weighted by Gasteiger charge is -2.10. The molecule has 0 aliphatic rings. The summed E-state index contributed by atoms with van der Waals surface area (Å²) >= 11 is 0. The van der Waals surface area contributed by atoms with E-state index in [4.69, 9.17) is 0 Å². The van der Waals surface area contributed by atoms with Gasteiger partial charge in [0.15, 0.2) is 5.82 Å². The highest BCUT2D eigenvalue weighted by Crippen LogP contribution is 2.32.